The van der Waals surface area contributed by atoms with Crippen LogP contribution < -0.4 is 34.7 Å². The van der Waals surface area contributed by atoms with Crippen LogP contribution in [0.4, 0.5) is 0 Å². The van der Waals surface area contributed by atoms with Gasteiger partial charge in [0.15, 0.2) is 0 Å². The van der Waals surface area contributed by atoms with Crippen molar-refractivity contribution in [2.24, 2.45) is 0 Å². The Morgan fingerprint density at radius 2 is 1.17 bits per heavy atom. The zero-order valence-corrected chi connectivity index (χ0v) is 10.3. The molecule has 5 heteroatoms. The van der Waals surface area contributed by atoms with E-state index in [2.05, 4.69) is 0 Å². The van der Waals surface area contributed by atoms with Gasteiger partial charge in [-0.2, -0.15) is 0 Å². The van der Waals surface area contributed by atoms with Gasteiger partial charge in [0.1, 0.15) is 0 Å². The summed E-state index contributed by atoms with van der Waals surface area (Å²) in [6, 6.07) is 0. The van der Waals surface area contributed by atoms with Crippen LogP contribution in [0.2, 0.25) is 0 Å². The standard InChI is InChI=1S/C7H15O4.Na/c1-4-9-7(8,10-5-2)11-6-3;/h4-6H2,1-3H3;/q-1;+1. The average molecular weight is 186 g/mol. The van der Waals surface area contributed by atoms with Crippen molar-refractivity contribution in [2.75, 3.05) is 19.8 Å². The van der Waals surface area contributed by atoms with Crippen LogP contribution in [0.5, 0.6) is 0 Å². The first-order valence-corrected chi connectivity index (χ1v) is 3.80. The molecule has 0 amide bonds. The molecule has 0 N–H and O–H groups in total. The summed E-state index contributed by atoms with van der Waals surface area (Å²) in [5, 5.41) is 11.2. The maximum Gasteiger partial charge on any atom is 1.00 e. The Bertz CT molecular complexity index is 82.4. The van der Waals surface area contributed by atoms with Crippen molar-refractivity contribution in [1.82, 2.24) is 0 Å². The predicted octanol–water partition coefficient (Wildman–Crippen LogP) is -2.93. The summed E-state index contributed by atoms with van der Waals surface area (Å²) < 4.78 is 14.1. The van der Waals surface area contributed by atoms with Crippen LogP contribution in [0.25, 0.3) is 0 Å². The molecule has 12 heavy (non-hydrogen) atoms. The SMILES string of the molecule is CCOC([O-])(OCC)OCC.[Na+]. The quantitative estimate of drug-likeness (QED) is 0.329. The van der Waals surface area contributed by atoms with E-state index in [9.17, 15) is 5.11 Å². The molecule has 0 aliphatic carbocycles. The van der Waals surface area contributed by atoms with Crippen molar-refractivity contribution in [3.63, 3.8) is 0 Å². The summed E-state index contributed by atoms with van der Waals surface area (Å²) in [4.78, 5) is 0. The number of rotatable bonds is 6. The maximum atomic E-state index is 11.2. The molecule has 0 saturated carbocycles. The maximum absolute atomic E-state index is 11.2. The van der Waals surface area contributed by atoms with Crippen molar-refractivity contribution in [1.29, 1.82) is 0 Å². The third kappa shape index (κ3) is 6.37. The van der Waals surface area contributed by atoms with Gasteiger partial charge in [0.25, 0.3) is 0 Å². The zero-order chi connectivity index (χ0) is 8.74. The molecule has 0 atom stereocenters. The Morgan fingerprint density at radius 1 is 0.917 bits per heavy atom. The van der Waals surface area contributed by atoms with Gasteiger partial charge in [0, 0.05) is 19.8 Å². The van der Waals surface area contributed by atoms with Gasteiger partial charge in [0.2, 0.25) is 6.16 Å². The molecule has 0 spiro atoms. The molecule has 68 valence electrons. The Hall–Kier alpha value is 0.840. The van der Waals surface area contributed by atoms with E-state index in [0.29, 0.717) is 0 Å². The monoisotopic (exact) mass is 186 g/mol. The molecule has 0 aromatic carbocycles. The molecule has 0 heterocycles. The molecule has 0 saturated heterocycles. The second-order valence-corrected chi connectivity index (χ2v) is 1.80. The van der Waals surface area contributed by atoms with Gasteiger partial charge < -0.3 is 19.3 Å². The minimum Gasteiger partial charge on any atom is -0.782 e. The van der Waals surface area contributed by atoms with Gasteiger partial charge in [-0.1, -0.05) is 0 Å². The molecule has 0 bridgehead atoms. The van der Waals surface area contributed by atoms with Crippen molar-refractivity contribution in [3.8, 4) is 0 Å². The van der Waals surface area contributed by atoms with E-state index in [1.807, 2.05) is 0 Å². The second-order valence-electron chi connectivity index (χ2n) is 1.80. The van der Waals surface area contributed by atoms with Crippen molar-refractivity contribution in [2.45, 2.75) is 26.9 Å². The topological polar surface area (TPSA) is 50.8 Å². The molecule has 0 unspecified atom stereocenters. The smallest absolute Gasteiger partial charge is 0.782 e. The molecule has 4 nitrogen and oxygen atoms in total. The van der Waals surface area contributed by atoms with Gasteiger partial charge in [0.05, 0.1) is 0 Å². The van der Waals surface area contributed by atoms with Crippen LogP contribution in [0.1, 0.15) is 20.8 Å². The average Bonchev–Trinajstić information content (AvgIpc) is 1.88. The molecule has 0 aliphatic rings. The summed E-state index contributed by atoms with van der Waals surface area (Å²) in [6.07, 6.45) is -2.10. The molecule has 0 aromatic heterocycles. The van der Waals surface area contributed by atoms with Crippen LogP contribution in [0.3, 0.4) is 0 Å². The largest absolute Gasteiger partial charge is 1.00 e. The fourth-order valence-electron chi connectivity index (χ4n) is 0.655. The molecule has 0 aromatic rings. The Kier molecular flexibility index (Phi) is 10.8. The Labute approximate surface area is 95.5 Å². The van der Waals surface area contributed by atoms with Gasteiger partial charge >= 0.3 is 29.6 Å². The number of hydrogen-bond acceptors (Lipinski definition) is 4. The van der Waals surface area contributed by atoms with E-state index >= 15 is 0 Å². The van der Waals surface area contributed by atoms with E-state index in [-0.39, 0.29) is 49.4 Å². The fourth-order valence-corrected chi connectivity index (χ4v) is 0.655. The van der Waals surface area contributed by atoms with Crippen LogP contribution >= 0.6 is 0 Å². The van der Waals surface area contributed by atoms with E-state index in [4.69, 9.17) is 14.2 Å². The van der Waals surface area contributed by atoms with Gasteiger partial charge in [-0.3, -0.25) is 0 Å². The Balaban J connectivity index is 0. The predicted molar refractivity (Wildman–Crippen MR) is 37.6 cm³/mol. The van der Waals surface area contributed by atoms with Crippen LogP contribution in [0, 0.1) is 0 Å². The minimum absolute atomic E-state index is 0. The van der Waals surface area contributed by atoms with Crippen molar-refractivity contribution >= 4 is 0 Å². The molecule has 0 radical (unpaired) electrons. The van der Waals surface area contributed by atoms with Gasteiger partial charge in [-0.05, 0) is 20.8 Å². The second kappa shape index (κ2) is 8.44. The van der Waals surface area contributed by atoms with Crippen LogP contribution in [-0.2, 0) is 14.2 Å². The Morgan fingerprint density at radius 3 is 1.33 bits per heavy atom. The molecular formula is C7H15NaO4. The summed E-state index contributed by atoms with van der Waals surface area (Å²) >= 11 is 0. The van der Waals surface area contributed by atoms with Gasteiger partial charge in [-0.15, -0.1) is 0 Å². The first kappa shape index (κ1) is 15.3. The van der Waals surface area contributed by atoms with E-state index in [0.717, 1.165) is 0 Å². The van der Waals surface area contributed by atoms with E-state index < -0.39 is 6.16 Å². The van der Waals surface area contributed by atoms with Crippen molar-refractivity contribution < 1.29 is 48.9 Å². The van der Waals surface area contributed by atoms with Crippen molar-refractivity contribution in [3.05, 3.63) is 0 Å². The van der Waals surface area contributed by atoms with E-state index in [1.165, 1.54) is 0 Å². The summed E-state index contributed by atoms with van der Waals surface area (Å²) in [5.74, 6) is 0. The molecule has 0 aliphatic heterocycles. The molecular weight excluding hydrogens is 171 g/mol. The zero-order valence-electron chi connectivity index (χ0n) is 8.25. The van der Waals surface area contributed by atoms with E-state index in [1.54, 1.807) is 20.8 Å². The fraction of sp³-hybridized carbons (Fsp3) is 1.00. The number of ether oxygens (including phenoxy) is 3. The third-order valence-electron chi connectivity index (χ3n) is 0.963. The minimum atomic E-state index is -2.10. The normalized spacial score (nSPS) is 11.0. The first-order chi connectivity index (χ1) is 5.18. The summed E-state index contributed by atoms with van der Waals surface area (Å²) in [5.41, 5.74) is 0. The van der Waals surface area contributed by atoms with Gasteiger partial charge in [-0.25, -0.2) is 0 Å². The molecule has 0 rings (SSSR count). The number of hydrogen-bond donors (Lipinski definition) is 0. The van der Waals surface area contributed by atoms with Crippen LogP contribution in [-0.4, -0.2) is 26.0 Å². The first-order valence-electron chi connectivity index (χ1n) is 3.80. The third-order valence-corrected chi connectivity index (χ3v) is 0.963. The summed E-state index contributed by atoms with van der Waals surface area (Å²) in [6.45, 7) is 5.98. The summed E-state index contributed by atoms with van der Waals surface area (Å²) in [7, 11) is 0. The van der Waals surface area contributed by atoms with Crippen LogP contribution in [0.15, 0.2) is 0 Å². The molecule has 0 fully saturated rings.